The maximum atomic E-state index is 12.8. The molecular weight excluding hydrogens is 341 g/mol. The summed E-state index contributed by atoms with van der Waals surface area (Å²) in [6, 6.07) is 7.70. The molecule has 0 unspecified atom stereocenters. The summed E-state index contributed by atoms with van der Waals surface area (Å²) in [6.45, 7) is 9.99. The van der Waals surface area contributed by atoms with E-state index < -0.39 is 12.7 Å². The van der Waals surface area contributed by atoms with E-state index in [0.717, 1.165) is 31.1 Å². The van der Waals surface area contributed by atoms with Gasteiger partial charge in [-0.2, -0.15) is 0 Å². The normalized spacial score (nSPS) is 29.6. The summed E-state index contributed by atoms with van der Waals surface area (Å²) in [5.74, 6) is 0.0158. The molecule has 1 saturated carbocycles. The zero-order valence-electron chi connectivity index (χ0n) is 17.4. The van der Waals surface area contributed by atoms with Crippen molar-refractivity contribution >= 4 is 18.5 Å². The quantitative estimate of drug-likeness (QED) is 0.828. The lowest BCUT2D eigenvalue weighted by Gasteiger charge is -2.37. The molecule has 1 heterocycles. The Kier molecular flexibility index (Phi) is 5.21. The Hall–Kier alpha value is -1.37. The highest BCUT2D eigenvalue weighted by molar-refractivity contribution is 6.62. The van der Waals surface area contributed by atoms with Gasteiger partial charge in [-0.15, -0.1) is 0 Å². The van der Waals surface area contributed by atoms with E-state index in [1.807, 2.05) is 70.8 Å². The summed E-state index contributed by atoms with van der Waals surface area (Å²) >= 11 is 0. The van der Waals surface area contributed by atoms with Crippen LogP contribution in [-0.2, 0) is 9.31 Å². The van der Waals surface area contributed by atoms with Gasteiger partial charge in [-0.3, -0.25) is 4.79 Å². The average molecular weight is 373 g/mol. The SMILES string of the molecule is CN(C(=O)c1ccc(B2OC(C)(C)C(C)(C)O2)cc1)[C@H]1CC[C@](C)(O)CC1. The number of rotatable bonds is 3. The molecule has 1 aromatic carbocycles. The molecule has 1 aromatic rings. The second-order valence-corrected chi connectivity index (χ2v) is 9.35. The lowest BCUT2D eigenvalue weighted by atomic mass is 9.79. The number of nitrogens with zero attached hydrogens (tertiary/aromatic N) is 1. The van der Waals surface area contributed by atoms with Crippen molar-refractivity contribution in [2.45, 2.75) is 83.1 Å². The van der Waals surface area contributed by atoms with Gasteiger partial charge in [-0.05, 0) is 77.9 Å². The lowest BCUT2D eigenvalue weighted by Crippen LogP contribution is -2.43. The molecule has 27 heavy (non-hydrogen) atoms. The number of hydrogen-bond donors (Lipinski definition) is 1. The molecule has 6 heteroatoms. The molecule has 1 amide bonds. The summed E-state index contributed by atoms with van der Waals surface area (Å²) in [5.41, 5.74) is 0.227. The van der Waals surface area contributed by atoms with Gasteiger partial charge >= 0.3 is 7.12 Å². The summed E-state index contributed by atoms with van der Waals surface area (Å²) in [6.07, 6.45) is 3.13. The Balaban J connectivity index is 1.66. The van der Waals surface area contributed by atoms with Gasteiger partial charge in [0.05, 0.1) is 16.8 Å². The molecule has 2 fully saturated rings. The first-order chi connectivity index (χ1) is 12.4. The van der Waals surface area contributed by atoms with E-state index in [1.165, 1.54) is 0 Å². The van der Waals surface area contributed by atoms with E-state index in [4.69, 9.17) is 9.31 Å². The fourth-order valence-electron chi connectivity index (χ4n) is 3.74. The van der Waals surface area contributed by atoms with Gasteiger partial charge in [-0.1, -0.05) is 12.1 Å². The second kappa shape index (κ2) is 6.91. The fraction of sp³-hybridized carbons (Fsp3) is 0.667. The second-order valence-electron chi connectivity index (χ2n) is 9.35. The number of hydrogen-bond acceptors (Lipinski definition) is 4. The van der Waals surface area contributed by atoms with E-state index in [1.54, 1.807) is 0 Å². The fourth-order valence-corrected chi connectivity index (χ4v) is 3.74. The molecule has 3 rings (SSSR count). The van der Waals surface area contributed by atoms with E-state index in [2.05, 4.69) is 0 Å². The Morgan fingerprint density at radius 3 is 2.00 bits per heavy atom. The Morgan fingerprint density at radius 2 is 1.52 bits per heavy atom. The molecule has 5 nitrogen and oxygen atoms in total. The first kappa shape index (κ1) is 20.4. The van der Waals surface area contributed by atoms with E-state index in [9.17, 15) is 9.90 Å². The zero-order chi connectivity index (χ0) is 20.0. The molecular formula is C21H32BNO4. The molecule has 2 aliphatic rings. The Labute approximate surface area is 163 Å². The molecule has 0 aromatic heterocycles. The predicted octanol–water partition coefficient (Wildman–Crippen LogP) is 2.75. The molecule has 0 radical (unpaired) electrons. The topological polar surface area (TPSA) is 59.0 Å². The van der Waals surface area contributed by atoms with Crippen molar-refractivity contribution < 1.29 is 19.2 Å². The van der Waals surface area contributed by atoms with Crippen molar-refractivity contribution in [3.63, 3.8) is 0 Å². The third kappa shape index (κ3) is 4.08. The summed E-state index contributed by atoms with van der Waals surface area (Å²) < 4.78 is 12.1. The van der Waals surface area contributed by atoms with Gasteiger partial charge in [0, 0.05) is 18.7 Å². The van der Waals surface area contributed by atoms with Crippen LogP contribution in [0.2, 0.25) is 0 Å². The molecule has 1 saturated heterocycles. The van der Waals surface area contributed by atoms with Crippen LogP contribution in [0.25, 0.3) is 0 Å². The highest BCUT2D eigenvalue weighted by Crippen LogP contribution is 2.36. The first-order valence-electron chi connectivity index (χ1n) is 9.87. The summed E-state index contributed by atoms with van der Waals surface area (Å²) in [4.78, 5) is 14.7. The van der Waals surface area contributed by atoms with Crippen molar-refractivity contribution in [1.82, 2.24) is 4.90 Å². The first-order valence-corrected chi connectivity index (χ1v) is 9.87. The number of aliphatic hydroxyl groups is 1. The van der Waals surface area contributed by atoms with Crippen LogP contribution in [0.1, 0.15) is 70.7 Å². The van der Waals surface area contributed by atoms with Crippen LogP contribution in [0, 0.1) is 0 Å². The molecule has 0 spiro atoms. The van der Waals surface area contributed by atoms with Gasteiger partial charge in [0.2, 0.25) is 0 Å². The minimum atomic E-state index is -0.592. The van der Waals surface area contributed by atoms with E-state index >= 15 is 0 Å². The molecule has 148 valence electrons. The monoisotopic (exact) mass is 373 g/mol. The Morgan fingerprint density at radius 1 is 1.04 bits per heavy atom. The molecule has 1 aliphatic heterocycles. The number of carbonyl (C=O) groups excluding carboxylic acids is 1. The van der Waals surface area contributed by atoms with Crippen LogP contribution >= 0.6 is 0 Å². The molecule has 0 atom stereocenters. The summed E-state index contributed by atoms with van der Waals surface area (Å²) in [5, 5.41) is 10.1. The van der Waals surface area contributed by atoms with E-state index in [0.29, 0.717) is 5.56 Å². The van der Waals surface area contributed by atoms with Gasteiger partial charge in [0.25, 0.3) is 5.91 Å². The third-order valence-corrected chi connectivity index (χ3v) is 6.58. The van der Waals surface area contributed by atoms with E-state index in [-0.39, 0.29) is 23.2 Å². The number of carbonyl (C=O) groups is 1. The molecule has 1 N–H and O–H groups in total. The van der Waals surface area contributed by atoms with Crippen LogP contribution in [0.3, 0.4) is 0 Å². The lowest BCUT2D eigenvalue weighted by molar-refractivity contribution is -0.000211. The van der Waals surface area contributed by atoms with Gasteiger partial charge in [0.1, 0.15) is 0 Å². The Bertz CT molecular complexity index is 673. The van der Waals surface area contributed by atoms with Crippen molar-refractivity contribution in [2.75, 3.05) is 7.05 Å². The minimum absolute atomic E-state index is 0.0158. The van der Waals surface area contributed by atoms with Crippen molar-refractivity contribution in [3.8, 4) is 0 Å². The average Bonchev–Trinajstić information content (AvgIpc) is 2.81. The molecule has 1 aliphatic carbocycles. The standard InChI is InChI=1S/C21H32BNO4/c1-19(2)20(3,4)27-22(26-19)16-9-7-15(8-10-16)18(24)23(6)17-11-13-21(5,25)14-12-17/h7-10,17,25H,11-14H2,1-6H3/t17-,21-. The maximum Gasteiger partial charge on any atom is 0.494 e. The van der Waals surface area contributed by atoms with Crippen molar-refractivity contribution in [2.24, 2.45) is 0 Å². The maximum absolute atomic E-state index is 12.8. The highest BCUT2D eigenvalue weighted by atomic mass is 16.7. The van der Waals surface area contributed by atoms with Crippen LogP contribution in [-0.4, -0.2) is 52.9 Å². The van der Waals surface area contributed by atoms with Crippen LogP contribution < -0.4 is 5.46 Å². The van der Waals surface area contributed by atoms with Crippen LogP contribution in [0.4, 0.5) is 0 Å². The van der Waals surface area contributed by atoms with Crippen molar-refractivity contribution in [1.29, 1.82) is 0 Å². The summed E-state index contributed by atoms with van der Waals surface area (Å²) in [7, 11) is 1.44. The van der Waals surface area contributed by atoms with Crippen LogP contribution in [0.5, 0.6) is 0 Å². The van der Waals surface area contributed by atoms with Gasteiger partial charge < -0.3 is 19.3 Å². The largest absolute Gasteiger partial charge is 0.494 e. The van der Waals surface area contributed by atoms with Crippen LogP contribution in [0.15, 0.2) is 24.3 Å². The highest BCUT2D eigenvalue weighted by Gasteiger charge is 2.51. The smallest absolute Gasteiger partial charge is 0.399 e. The molecule has 0 bridgehead atoms. The zero-order valence-corrected chi connectivity index (χ0v) is 17.4. The van der Waals surface area contributed by atoms with Crippen molar-refractivity contribution in [3.05, 3.63) is 29.8 Å². The number of benzene rings is 1. The number of amides is 1. The predicted molar refractivity (Wildman–Crippen MR) is 107 cm³/mol. The third-order valence-electron chi connectivity index (χ3n) is 6.58. The van der Waals surface area contributed by atoms with Gasteiger partial charge in [-0.25, -0.2) is 0 Å². The minimum Gasteiger partial charge on any atom is -0.399 e. The van der Waals surface area contributed by atoms with Gasteiger partial charge in [0.15, 0.2) is 0 Å².